The van der Waals surface area contributed by atoms with Crippen molar-refractivity contribution in [1.29, 1.82) is 0 Å². The normalized spacial score (nSPS) is 12.8. The van der Waals surface area contributed by atoms with Gasteiger partial charge in [-0.25, -0.2) is 0 Å². The highest BCUT2D eigenvalue weighted by Crippen LogP contribution is 2.41. The molecule has 9 nitrogen and oxygen atoms in total. The van der Waals surface area contributed by atoms with Crippen LogP contribution in [-0.2, 0) is 11.2 Å². The van der Waals surface area contributed by atoms with E-state index >= 15 is 0 Å². The number of hydrogen-bond donors (Lipinski definition) is 0. The number of aryl methyl sites for hydroxylation is 1. The van der Waals surface area contributed by atoms with Crippen molar-refractivity contribution in [1.82, 2.24) is 0 Å². The maximum atomic E-state index is 13.6. The van der Waals surface area contributed by atoms with Crippen LogP contribution in [-0.4, -0.2) is 51.9 Å². The van der Waals surface area contributed by atoms with Crippen molar-refractivity contribution in [2.75, 3.05) is 46.0 Å². The molecule has 9 heteroatoms. The van der Waals surface area contributed by atoms with Crippen LogP contribution < -0.4 is 19.1 Å². The molecule has 0 fully saturated rings. The van der Waals surface area contributed by atoms with E-state index in [4.69, 9.17) is 18.9 Å². The van der Waals surface area contributed by atoms with E-state index in [0.717, 1.165) is 24.0 Å². The largest absolute Gasteiger partial charge is 0.495 e. The highest BCUT2D eigenvalue weighted by molar-refractivity contribution is 6.10. The van der Waals surface area contributed by atoms with Gasteiger partial charge in [-0.3, -0.25) is 14.9 Å². The van der Waals surface area contributed by atoms with E-state index in [1.165, 1.54) is 26.4 Å². The summed E-state index contributed by atoms with van der Waals surface area (Å²) in [6, 6.07) is 6.34. The number of hydrogen-bond acceptors (Lipinski definition) is 7. The molecule has 166 valence electrons. The molecule has 1 aliphatic heterocycles. The van der Waals surface area contributed by atoms with Gasteiger partial charge in [0, 0.05) is 19.7 Å². The van der Waals surface area contributed by atoms with Gasteiger partial charge in [0.2, 0.25) is 0 Å². The maximum Gasteiger partial charge on any atom is 0.286 e. The van der Waals surface area contributed by atoms with E-state index in [2.05, 4.69) is 0 Å². The Labute approximate surface area is 180 Å². The quantitative estimate of drug-likeness (QED) is 0.359. The van der Waals surface area contributed by atoms with E-state index < -0.39 is 10.8 Å². The van der Waals surface area contributed by atoms with Crippen molar-refractivity contribution >= 4 is 17.3 Å². The van der Waals surface area contributed by atoms with Gasteiger partial charge in [0.15, 0.2) is 11.5 Å². The molecule has 1 aliphatic rings. The minimum absolute atomic E-state index is 0.0719. The van der Waals surface area contributed by atoms with Gasteiger partial charge in [0.05, 0.1) is 37.5 Å². The molecule has 1 amide bonds. The Hall–Kier alpha value is -3.33. The second kappa shape index (κ2) is 9.65. The monoisotopic (exact) mass is 430 g/mol. The smallest absolute Gasteiger partial charge is 0.286 e. The van der Waals surface area contributed by atoms with Crippen molar-refractivity contribution in [3.63, 3.8) is 0 Å². The number of rotatable bonds is 8. The van der Waals surface area contributed by atoms with Gasteiger partial charge < -0.3 is 23.8 Å². The highest BCUT2D eigenvalue weighted by Gasteiger charge is 2.33. The average molecular weight is 430 g/mol. The summed E-state index contributed by atoms with van der Waals surface area (Å²) in [5.74, 6) is 0.481. The third-order valence-corrected chi connectivity index (χ3v) is 5.28. The second-order valence-corrected chi connectivity index (χ2v) is 7.09. The van der Waals surface area contributed by atoms with E-state index in [1.54, 1.807) is 12.0 Å². The molecular weight excluding hydrogens is 404 g/mol. The molecule has 2 aromatic rings. The van der Waals surface area contributed by atoms with E-state index in [1.807, 2.05) is 19.1 Å². The number of carbonyl (C=O) groups is 1. The van der Waals surface area contributed by atoms with Crippen LogP contribution in [0.5, 0.6) is 17.2 Å². The summed E-state index contributed by atoms with van der Waals surface area (Å²) in [5.41, 5.74) is 2.29. The second-order valence-electron chi connectivity index (χ2n) is 7.09. The fourth-order valence-corrected chi connectivity index (χ4v) is 3.74. The number of nitro groups is 1. The van der Waals surface area contributed by atoms with Crippen LogP contribution in [0.1, 0.15) is 27.9 Å². The van der Waals surface area contributed by atoms with E-state index in [9.17, 15) is 14.9 Å². The Morgan fingerprint density at radius 3 is 2.48 bits per heavy atom. The Morgan fingerprint density at radius 1 is 1.10 bits per heavy atom. The number of benzene rings is 2. The minimum atomic E-state index is -0.589. The van der Waals surface area contributed by atoms with Gasteiger partial charge in [-0.05, 0) is 37.0 Å². The zero-order chi connectivity index (χ0) is 22.5. The summed E-state index contributed by atoms with van der Waals surface area (Å²) in [5, 5.41) is 11.8. The van der Waals surface area contributed by atoms with Crippen LogP contribution in [0.15, 0.2) is 24.3 Å². The van der Waals surface area contributed by atoms with Crippen molar-refractivity contribution in [3.05, 3.63) is 51.1 Å². The highest BCUT2D eigenvalue weighted by atomic mass is 16.6. The number of nitrogens with zero attached hydrogens (tertiary/aromatic N) is 2. The number of amides is 1. The Balaban J connectivity index is 2.09. The lowest BCUT2D eigenvalue weighted by Gasteiger charge is -2.32. The fraction of sp³-hybridized carbons (Fsp3) is 0.409. The standard InChI is InChI=1S/C22H26N2O7/c1-14-7-8-18(29-3)21-15(14)6-5-9-23(21)22(25)16-12-19(30-4)20(31-11-10-28-2)13-17(16)24(26)27/h7-8,12-13H,5-6,9-11H2,1-4H3. The molecule has 0 aromatic heterocycles. The molecule has 1 heterocycles. The molecule has 0 N–H and O–H groups in total. The molecule has 0 spiro atoms. The summed E-state index contributed by atoms with van der Waals surface area (Å²) >= 11 is 0. The molecule has 0 aliphatic carbocycles. The number of ether oxygens (including phenoxy) is 4. The molecule has 0 saturated carbocycles. The SMILES string of the molecule is COCCOc1cc([N+](=O)[O-])c(C(=O)N2CCCc3c(C)ccc(OC)c32)cc1OC. The predicted molar refractivity (Wildman–Crippen MR) is 115 cm³/mol. The molecule has 0 atom stereocenters. The van der Waals surface area contributed by atoms with Gasteiger partial charge in [0.1, 0.15) is 17.9 Å². The molecule has 31 heavy (non-hydrogen) atoms. The van der Waals surface area contributed by atoms with Gasteiger partial charge in [-0.2, -0.15) is 0 Å². The lowest BCUT2D eigenvalue weighted by molar-refractivity contribution is -0.385. The van der Waals surface area contributed by atoms with E-state index in [0.29, 0.717) is 24.6 Å². The summed E-state index contributed by atoms with van der Waals surface area (Å²) in [7, 11) is 4.48. The average Bonchev–Trinajstić information content (AvgIpc) is 2.78. The number of methoxy groups -OCH3 is 3. The number of carbonyl (C=O) groups excluding carboxylic acids is 1. The summed E-state index contributed by atoms with van der Waals surface area (Å²) in [6.45, 7) is 2.90. The zero-order valence-electron chi connectivity index (χ0n) is 18.1. The Bertz CT molecular complexity index is 990. The minimum Gasteiger partial charge on any atom is -0.495 e. The van der Waals surface area contributed by atoms with Crippen LogP contribution in [0.3, 0.4) is 0 Å². The van der Waals surface area contributed by atoms with Gasteiger partial charge in [0.25, 0.3) is 11.6 Å². The summed E-state index contributed by atoms with van der Waals surface area (Å²) < 4.78 is 21.3. The molecule has 0 unspecified atom stereocenters. The first kappa shape index (κ1) is 22.4. The van der Waals surface area contributed by atoms with Crippen LogP contribution in [0.4, 0.5) is 11.4 Å². The Morgan fingerprint density at radius 2 is 1.84 bits per heavy atom. The van der Waals surface area contributed by atoms with Gasteiger partial charge >= 0.3 is 0 Å². The lowest BCUT2D eigenvalue weighted by atomic mass is 9.95. The first-order valence-corrected chi connectivity index (χ1v) is 9.89. The fourth-order valence-electron chi connectivity index (χ4n) is 3.74. The third-order valence-electron chi connectivity index (χ3n) is 5.28. The number of nitro benzene ring substituents is 1. The van der Waals surface area contributed by atoms with Gasteiger partial charge in [-0.15, -0.1) is 0 Å². The number of anilines is 1. The van der Waals surface area contributed by atoms with Crippen molar-refractivity contribution in [3.8, 4) is 17.2 Å². The van der Waals surface area contributed by atoms with Crippen molar-refractivity contribution < 1.29 is 28.7 Å². The van der Waals surface area contributed by atoms with E-state index in [-0.39, 0.29) is 29.4 Å². The van der Waals surface area contributed by atoms with Crippen LogP contribution in [0.2, 0.25) is 0 Å². The maximum absolute atomic E-state index is 13.6. The van der Waals surface area contributed by atoms with Crippen LogP contribution in [0.25, 0.3) is 0 Å². The van der Waals surface area contributed by atoms with Crippen LogP contribution >= 0.6 is 0 Å². The number of fused-ring (bicyclic) bond motifs is 1. The van der Waals surface area contributed by atoms with Crippen molar-refractivity contribution in [2.45, 2.75) is 19.8 Å². The molecule has 3 rings (SSSR count). The van der Waals surface area contributed by atoms with Crippen LogP contribution in [0, 0.1) is 17.0 Å². The first-order chi connectivity index (χ1) is 14.9. The van der Waals surface area contributed by atoms with Gasteiger partial charge in [-0.1, -0.05) is 6.07 Å². The summed E-state index contributed by atoms with van der Waals surface area (Å²) in [6.07, 6.45) is 1.55. The molecule has 0 saturated heterocycles. The van der Waals surface area contributed by atoms with Crippen molar-refractivity contribution in [2.24, 2.45) is 0 Å². The predicted octanol–water partition coefficient (Wildman–Crippen LogP) is 3.54. The summed E-state index contributed by atoms with van der Waals surface area (Å²) in [4.78, 5) is 26.3. The topological polar surface area (TPSA) is 100 Å². The Kier molecular flexibility index (Phi) is 6.96. The zero-order valence-corrected chi connectivity index (χ0v) is 18.1. The molecule has 2 aromatic carbocycles. The molecule has 0 bridgehead atoms. The molecule has 0 radical (unpaired) electrons. The third kappa shape index (κ3) is 4.41. The first-order valence-electron chi connectivity index (χ1n) is 9.89. The molecular formula is C22H26N2O7. The lowest BCUT2D eigenvalue weighted by Crippen LogP contribution is -2.36.